The lowest BCUT2D eigenvalue weighted by Gasteiger charge is -2.01. The van der Waals surface area contributed by atoms with Crippen LogP contribution in [0.15, 0.2) is 0 Å². The molecule has 0 aromatic carbocycles. The molecule has 0 aromatic heterocycles. The van der Waals surface area contributed by atoms with Crippen molar-refractivity contribution in [3.05, 3.63) is 0 Å². The Morgan fingerprint density at radius 3 is 1.61 bits per heavy atom. The monoisotopic (exact) mass is 408 g/mol. The highest BCUT2D eigenvalue weighted by Gasteiger charge is 2.20. The molecule has 0 unspecified atom stereocenters. The topological polar surface area (TPSA) is 256 Å². The standard InChI is InChI=1S/C5H10N2O3.C5H9NO4.C5H9NO2/c2*6-3(5(9)10)1-2-4(7)8;7-5(8)4-2-1-3-6-4/h3H,1-2,6H2,(H2,7,8)(H,9,10);3H,1-2,6H2,(H,7,8)(H,9,10);4,6H,1-3H2,(H,7,8)/t2*3-;4-/m000/s1. The number of hydrogen-bond acceptors (Lipinski definition) is 8. The van der Waals surface area contributed by atoms with Gasteiger partial charge in [0.1, 0.15) is 18.1 Å². The molecule has 0 aromatic rings. The Morgan fingerprint density at radius 2 is 1.36 bits per heavy atom. The summed E-state index contributed by atoms with van der Waals surface area (Å²) in [4.78, 5) is 50.1. The molecule has 0 spiro atoms. The van der Waals surface area contributed by atoms with Gasteiger partial charge in [-0.1, -0.05) is 0 Å². The van der Waals surface area contributed by atoms with Crippen LogP contribution in [-0.2, 0) is 24.0 Å². The maximum absolute atomic E-state index is 10.1. The van der Waals surface area contributed by atoms with Gasteiger partial charge >= 0.3 is 23.9 Å². The van der Waals surface area contributed by atoms with E-state index in [9.17, 15) is 24.0 Å². The minimum Gasteiger partial charge on any atom is -0.481 e. The highest BCUT2D eigenvalue weighted by atomic mass is 16.4. The summed E-state index contributed by atoms with van der Waals surface area (Å²) in [6.07, 6.45) is 1.68. The highest BCUT2D eigenvalue weighted by molar-refractivity contribution is 5.77. The normalized spacial score (nSPS) is 17.0. The van der Waals surface area contributed by atoms with Crippen LogP contribution in [-0.4, -0.2) is 74.9 Å². The van der Waals surface area contributed by atoms with Gasteiger partial charge in [0.15, 0.2) is 0 Å². The zero-order valence-corrected chi connectivity index (χ0v) is 15.2. The molecule has 13 heteroatoms. The van der Waals surface area contributed by atoms with Gasteiger partial charge < -0.3 is 42.9 Å². The van der Waals surface area contributed by atoms with Gasteiger partial charge in [0.25, 0.3) is 0 Å². The van der Waals surface area contributed by atoms with Crippen LogP contribution in [0.5, 0.6) is 0 Å². The van der Waals surface area contributed by atoms with Gasteiger partial charge in [0.2, 0.25) is 5.91 Å². The molecule has 13 nitrogen and oxygen atoms in total. The molecule has 1 amide bonds. The summed E-state index contributed by atoms with van der Waals surface area (Å²) in [7, 11) is 0. The Kier molecular flexibility index (Phi) is 15.0. The molecular weight excluding hydrogens is 380 g/mol. The number of amides is 1. The van der Waals surface area contributed by atoms with Crippen LogP contribution in [0.1, 0.15) is 38.5 Å². The summed E-state index contributed by atoms with van der Waals surface area (Å²) < 4.78 is 0. The van der Waals surface area contributed by atoms with Crippen LogP contribution >= 0.6 is 0 Å². The SMILES string of the molecule is NC(=O)CC[C@H](N)C(=O)O.N[C@@H](CCC(=O)O)C(=O)O.O=C(O)[C@@H]1CCCN1. The van der Waals surface area contributed by atoms with E-state index in [1.807, 2.05) is 0 Å². The smallest absolute Gasteiger partial charge is 0.320 e. The molecule has 1 saturated heterocycles. The summed E-state index contributed by atoms with van der Waals surface area (Å²) in [5.74, 6) is -4.56. The van der Waals surface area contributed by atoms with E-state index < -0.39 is 41.9 Å². The van der Waals surface area contributed by atoms with E-state index in [0.29, 0.717) is 0 Å². The van der Waals surface area contributed by atoms with E-state index in [0.717, 1.165) is 19.4 Å². The first-order valence-electron chi connectivity index (χ1n) is 8.31. The van der Waals surface area contributed by atoms with Crippen molar-refractivity contribution in [2.45, 2.75) is 56.7 Å². The lowest BCUT2D eigenvalue weighted by atomic mass is 10.2. The Morgan fingerprint density at radius 1 is 0.893 bits per heavy atom. The maximum atomic E-state index is 10.1. The van der Waals surface area contributed by atoms with Crippen LogP contribution < -0.4 is 22.5 Å². The molecule has 0 aliphatic carbocycles. The van der Waals surface area contributed by atoms with Crippen molar-refractivity contribution in [1.82, 2.24) is 5.32 Å². The Balaban J connectivity index is 0. The van der Waals surface area contributed by atoms with Gasteiger partial charge in [-0.15, -0.1) is 0 Å². The second-order valence-corrected chi connectivity index (χ2v) is 5.81. The summed E-state index contributed by atoms with van der Waals surface area (Å²) in [6, 6.07) is -2.31. The Hall–Kier alpha value is -2.77. The molecule has 1 aliphatic heterocycles. The second kappa shape index (κ2) is 15.3. The molecule has 1 heterocycles. The molecule has 1 fully saturated rings. The number of primary amides is 1. The van der Waals surface area contributed by atoms with Crippen molar-refractivity contribution in [1.29, 1.82) is 0 Å². The fourth-order valence-corrected chi connectivity index (χ4v) is 1.72. The number of carboxylic acid groups (broad SMARTS) is 4. The summed E-state index contributed by atoms with van der Waals surface area (Å²) in [6.45, 7) is 0.858. The van der Waals surface area contributed by atoms with Gasteiger partial charge in [-0.05, 0) is 32.2 Å². The van der Waals surface area contributed by atoms with Gasteiger partial charge in [0.05, 0.1) is 0 Å². The number of nitrogens with one attached hydrogen (secondary N) is 1. The Labute approximate surface area is 160 Å². The van der Waals surface area contributed by atoms with Crippen LogP contribution in [0.25, 0.3) is 0 Å². The number of hydrogen-bond donors (Lipinski definition) is 8. The molecule has 3 atom stereocenters. The molecule has 1 rings (SSSR count). The summed E-state index contributed by atoms with van der Waals surface area (Å²) in [5, 5.41) is 35.7. The third-order valence-electron chi connectivity index (χ3n) is 3.36. The van der Waals surface area contributed by atoms with Crippen molar-refractivity contribution in [2.24, 2.45) is 17.2 Å². The van der Waals surface area contributed by atoms with Crippen LogP contribution in [0, 0.1) is 0 Å². The zero-order chi connectivity index (χ0) is 22.3. The van der Waals surface area contributed by atoms with Gasteiger partial charge in [-0.3, -0.25) is 24.0 Å². The van der Waals surface area contributed by atoms with Crippen LogP contribution in [0.3, 0.4) is 0 Å². The lowest BCUT2D eigenvalue weighted by molar-refractivity contribution is -0.141. The third-order valence-corrected chi connectivity index (χ3v) is 3.36. The van der Waals surface area contributed by atoms with Crippen molar-refractivity contribution in [3.8, 4) is 0 Å². The molecule has 0 saturated carbocycles. The van der Waals surface area contributed by atoms with Gasteiger partial charge in [0, 0.05) is 12.8 Å². The predicted molar refractivity (Wildman–Crippen MR) is 95.2 cm³/mol. The minimum absolute atomic E-state index is 0.0213. The van der Waals surface area contributed by atoms with Crippen molar-refractivity contribution >= 4 is 29.8 Å². The predicted octanol–water partition coefficient (Wildman–Crippen LogP) is -2.25. The molecular formula is C15H28N4O9. The molecule has 162 valence electrons. The van der Waals surface area contributed by atoms with Crippen LogP contribution in [0.4, 0.5) is 0 Å². The van der Waals surface area contributed by atoms with E-state index in [2.05, 4.69) is 5.32 Å². The third kappa shape index (κ3) is 16.7. The molecule has 28 heavy (non-hydrogen) atoms. The zero-order valence-electron chi connectivity index (χ0n) is 15.2. The lowest BCUT2D eigenvalue weighted by Crippen LogP contribution is -2.31. The number of rotatable bonds is 9. The number of aliphatic carboxylic acids is 4. The number of carboxylic acids is 4. The van der Waals surface area contributed by atoms with E-state index in [1.165, 1.54) is 0 Å². The first-order chi connectivity index (χ1) is 12.9. The average Bonchev–Trinajstić information content (AvgIpc) is 3.13. The molecule has 1 aliphatic rings. The number of carbonyl (C=O) groups is 5. The fraction of sp³-hybridized carbons (Fsp3) is 0.667. The molecule has 0 bridgehead atoms. The van der Waals surface area contributed by atoms with Gasteiger partial charge in [-0.2, -0.15) is 0 Å². The average molecular weight is 408 g/mol. The van der Waals surface area contributed by atoms with Gasteiger partial charge in [-0.25, -0.2) is 0 Å². The minimum atomic E-state index is -1.17. The fourth-order valence-electron chi connectivity index (χ4n) is 1.72. The van der Waals surface area contributed by atoms with E-state index in [4.69, 9.17) is 37.6 Å². The number of nitrogens with two attached hydrogens (primary N) is 3. The second-order valence-electron chi connectivity index (χ2n) is 5.81. The molecule has 11 N–H and O–H groups in total. The van der Waals surface area contributed by atoms with E-state index >= 15 is 0 Å². The van der Waals surface area contributed by atoms with Crippen molar-refractivity contribution in [3.63, 3.8) is 0 Å². The van der Waals surface area contributed by atoms with Crippen LogP contribution in [0.2, 0.25) is 0 Å². The van der Waals surface area contributed by atoms with Crippen molar-refractivity contribution in [2.75, 3.05) is 6.54 Å². The number of carbonyl (C=O) groups excluding carboxylic acids is 1. The molecule has 0 radical (unpaired) electrons. The summed E-state index contributed by atoms with van der Waals surface area (Å²) in [5.41, 5.74) is 14.8. The van der Waals surface area contributed by atoms with Crippen molar-refractivity contribution < 1.29 is 44.4 Å². The largest absolute Gasteiger partial charge is 0.481 e. The van der Waals surface area contributed by atoms with E-state index in [1.54, 1.807) is 0 Å². The Bertz CT molecular complexity index is 502. The van der Waals surface area contributed by atoms with E-state index in [-0.39, 0.29) is 31.7 Å². The maximum Gasteiger partial charge on any atom is 0.320 e. The summed E-state index contributed by atoms with van der Waals surface area (Å²) >= 11 is 0. The highest BCUT2D eigenvalue weighted by Crippen LogP contribution is 2.03. The quantitative estimate of drug-likeness (QED) is 0.201. The first kappa shape index (κ1) is 27.4. The first-order valence-corrected chi connectivity index (χ1v) is 8.31.